The standard InChI is InChI=1S/C16H17N3O2/c1-11-9-13(11)15-19-14(10-17)16(21-15)18-7-8-20-12-5-3-2-4-6-12/h2-6,11,13,18H,7-9H2,1H3. The zero-order chi connectivity index (χ0) is 14.7. The maximum atomic E-state index is 9.09. The molecule has 0 saturated heterocycles. The lowest BCUT2D eigenvalue weighted by atomic mass is 10.3. The van der Waals surface area contributed by atoms with Gasteiger partial charge in [-0.15, -0.1) is 0 Å². The molecule has 21 heavy (non-hydrogen) atoms. The van der Waals surface area contributed by atoms with Crippen LogP contribution in [0.25, 0.3) is 0 Å². The van der Waals surface area contributed by atoms with E-state index in [9.17, 15) is 0 Å². The first-order valence-corrected chi connectivity index (χ1v) is 7.10. The molecule has 2 unspecified atom stereocenters. The highest BCUT2D eigenvalue weighted by molar-refractivity contribution is 5.45. The third-order valence-electron chi connectivity index (χ3n) is 3.58. The topological polar surface area (TPSA) is 71.1 Å². The van der Waals surface area contributed by atoms with Crippen LogP contribution in [0.4, 0.5) is 5.88 Å². The first-order valence-electron chi connectivity index (χ1n) is 7.10. The van der Waals surface area contributed by atoms with Gasteiger partial charge in [-0.3, -0.25) is 0 Å². The largest absolute Gasteiger partial charge is 0.492 e. The predicted molar refractivity (Wildman–Crippen MR) is 78.2 cm³/mol. The number of aromatic nitrogens is 1. The summed E-state index contributed by atoms with van der Waals surface area (Å²) >= 11 is 0. The molecule has 1 aromatic carbocycles. The average molecular weight is 283 g/mol. The van der Waals surface area contributed by atoms with Crippen molar-refractivity contribution in [2.45, 2.75) is 19.3 Å². The highest BCUT2D eigenvalue weighted by Gasteiger charge is 2.39. The number of nitrogens with zero attached hydrogens (tertiary/aromatic N) is 2. The number of rotatable bonds is 6. The maximum absolute atomic E-state index is 9.09. The number of benzene rings is 1. The Hall–Kier alpha value is -2.48. The van der Waals surface area contributed by atoms with E-state index in [0.717, 1.165) is 12.2 Å². The minimum atomic E-state index is 0.323. The molecule has 2 aromatic rings. The van der Waals surface area contributed by atoms with Crippen LogP contribution in [-0.4, -0.2) is 18.1 Å². The van der Waals surface area contributed by atoms with Crippen LogP contribution in [0.1, 0.15) is 30.8 Å². The molecule has 0 radical (unpaired) electrons. The van der Waals surface area contributed by atoms with Gasteiger partial charge in [-0.05, 0) is 24.5 Å². The summed E-state index contributed by atoms with van der Waals surface area (Å²) in [7, 11) is 0. The van der Waals surface area contributed by atoms with Crippen LogP contribution in [0.2, 0.25) is 0 Å². The Bertz CT molecular complexity index is 645. The summed E-state index contributed by atoms with van der Waals surface area (Å²) in [5, 5.41) is 12.2. The number of hydrogen-bond donors (Lipinski definition) is 1. The third kappa shape index (κ3) is 3.16. The molecule has 0 spiro atoms. The van der Waals surface area contributed by atoms with E-state index < -0.39 is 0 Å². The van der Waals surface area contributed by atoms with E-state index in [1.165, 1.54) is 0 Å². The number of nitrogens with one attached hydrogen (secondary N) is 1. The summed E-state index contributed by atoms with van der Waals surface area (Å²) in [4.78, 5) is 4.25. The van der Waals surface area contributed by atoms with Crippen LogP contribution >= 0.6 is 0 Å². The van der Waals surface area contributed by atoms with Crippen molar-refractivity contribution < 1.29 is 9.15 Å². The van der Waals surface area contributed by atoms with Gasteiger partial charge in [0.25, 0.3) is 0 Å². The minimum absolute atomic E-state index is 0.323. The zero-order valence-corrected chi connectivity index (χ0v) is 11.9. The van der Waals surface area contributed by atoms with E-state index in [4.69, 9.17) is 14.4 Å². The Kier molecular flexibility index (Phi) is 3.78. The molecule has 0 aliphatic heterocycles. The molecule has 0 amide bonds. The van der Waals surface area contributed by atoms with E-state index in [-0.39, 0.29) is 0 Å². The van der Waals surface area contributed by atoms with Gasteiger partial charge in [0.05, 0.1) is 6.54 Å². The lowest BCUT2D eigenvalue weighted by Crippen LogP contribution is -2.11. The Morgan fingerprint density at radius 1 is 1.43 bits per heavy atom. The highest BCUT2D eigenvalue weighted by atomic mass is 16.5. The second-order valence-electron chi connectivity index (χ2n) is 5.25. The summed E-state index contributed by atoms with van der Waals surface area (Å²) in [6.45, 7) is 3.20. The van der Waals surface area contributed by atoms with E-state index in [2.05, 4.69) is 23.3 Å². The van der Waals surface area contributed by atoms with Gasteiger partial charge in [0.1, 0.15) is 18.4 Å². The van der Waals surface area contributed by atoms with Gasteiger partial charge in [-0.1, -0.05) is 25.1 Å². The van der Waals surface area contributed by atoms with Crippen LogP contribution in [0, 0.1) is 17.2 Å². The number of para-hydroxylation sites is 1. The van der Waals surface area contributed by atoms with Crippen LogP contribution in [0.5, 0.6) is 5.75 Å². The second-order valence-corrected chi connectivity index (χ2v) is 5.25. The van der Waals surface area contributed by atoms with Crippen molar-refractivity contribution in [1.82, 2.24) is 4.98 Å². The zero-order valence-electron chi connectivity index (χ0n) is 11.9. The number of oxazole rings is 1. The molecular weight excluding hydrogens is 266 g/mol. The number of hydrogen-bond acceptors (Lipinski definition) is 5. The molecule has 1 N–H and O–H groups in total. The molecule has 3 rings (SSSR count). The Balaban J connectivity index is 1.53. The van der Waals surface area contributed by atoms with E-state index in [0.29, 0.717) is 42.5 Å². The van der Waals surface area contributed by atoms with Gasteiger partial charge in [-0.25, -0.2) is 4.98 Å². The smallest absolute Gasteiger partial charge is 0.232 e. The Morgan fingerprint density at radius 3 is 2.86 bits per heavy atom. The van der Waals surface area contributed by atoms with E-state index in [1.807, 2.05) is 30.3 Å². The molecule has 1 aromatic heterocycles. The summed E-state index contributed by atoms with van der Waals surface area (Å²) in [5.74, 6) is 2.91. The van der Waals surface area contributed by atoms with Gasteiger partial charge in [-0.2, -0.15) is 5.26 Å². The van der Waals surface area contributed by atoms with Gasteiger partial charge >= 0.3 is 0 Å². The summed E-state index contributed by atoms with van der Waals surface area (Å²) in [5.41, 5.74) is 0.323. The maximum Gasteiger partial charge on any atom is 0.232 e. The van der Waals surface area contributed by atoms with Crippen molar-refractivity contribution in [3.8, 4) is 11.8 Å². The Labute approximate surface area is 123 Å². The molecule has 1 aliphatic carbocycles. The second kappa shape index (κ2) is 5.88. The average Bonchev–Trinajstić information content (AvgIpc) is 3.10. The number of ether oxygens (including phenoxy) is 1. The molecule has 2 atom stereocenters. The molecule has 1 fully saturated rings. The molecule has 0 bridgehead atoms. The first kappa shape index (κ1) is 13.5. The fraction of sp³-hybridized carbons (Fsp3) is 0.375. The minimum Gasteiger partial charge on any atom is -0.492 e. The molecule has 1 saturated carbocycles. The quantitative estimate of drug-likeness (QED) is 0.824. The number of anilines is 1. The predicted octanol–water partition coefficient (Wildman–Crippen LogP) is 3.16. The van der Waals surface area contributed by atoms with Gasteiger partial charge < -0.3 is 14.5 Å². The van der Waals surface area contributed by atoms with Crippen molar-refractivity contribution in [3.05, 3.63) is 41.9 Å². The van der Waals surface area contributed by atoms with Crippen LogP contribution in [0.15, 0.2) is 34.7 Å². The normalized spacial score (nSPS) is 19.8. The molecular formula is C16H17N3O2. The SMILES string of the molecule is CC1CC1c1nc(C#N)c(NCCOc2ccccc2)o1. The third-order valence-corrected chi connectivity index (χ3v) is 3.58. The van der Waals surface area contributed by atoms with Crippen LogP contribution in [-0.2, 0) is 0 Å². The lowest BCUT2D eigenvalue weighted by Gasteiger charge is -2.06. The highest BCUT2D eigenvalue weighted by Crippen LogP contribution is 2.47. The fourth-order valence-corrected chi connectivity index (χ4v) is 2.21. The monoisotopic (exact) mass is 283 g/mol. The van der Waals surface area contributed by atoms with Crippen molar-refractivity contribution in [2.75, 3.05) is 18.5 Å². The summed E-state index contributed by atoms with van der Waals surface area (Å²) in [6, 6.07) is 11.7. The van der Waals surface area contributed by atoms with Crippen molar-refractivity contribution >= 4 is 5.88 Å². The molecule has 1 aliphatic rings. The molecule has 5 heteroatoms. The lowest BCUT2D eigenvalue weighted by molar-refractivity contribution is 0.331. The molecule has 1 heterocycles. The van der Waals surface area contributed by atoms with E-state index in [1.54, 1.807) is 0 Å². The van der Waals surface area contributed by atoms with Crippen LogP contribution in [0.3, 0.4) is 0 Å². The van der Waals surface area contributed by atoms with Crippen molar-refractivity contribution in [3.63, 3.8) is 0 Å². The Morgan fingerprint density at radius 2 is 2.19 bits per heavy atom. The molecule has 108 valence electrons. The first-order chi connectivity index (χ1) is 10.3. The summed E-state index contributed by atoms with van der Waals surface area (Å²) in [6.07, 6.45) is 1.09. The number of nitriles is 1. The van der Waals surface area contributed by atoms with Gasteiger partial charge in [0, 0.05) is 5.92 Å². The van der Waals surface area contributed by atoms with Crippen molar-refractivity contribution in [2.24, 2.45) is 5.92 Å². The van der Waals surface area contributed by atoms with Gasteiger partial charge in [0.2, 0.25) is 17.5 Å². The van der Waals surface area contributed by atoms with Crippen LogP contribution < -0.4 is 10.1 Å². The molecule has 5 nitrogen and oxygen atoms in total. The van der Waals surface area contributed by atoms with Gasteiger partial charge in [0.15, 0.2) is 0 Å². The fourth-order valence-electron chi connectivity index (χ4n) is 2.21. The summed E-state index contributed by atoms with van der Waals surface area (Å²) < 4.78 is 11.2. The van der Waals surface area contributed by atoms with Crippen molar-refractivity contribution in [1.29, 1.82) is 5.26 Å². The van der Waals surface area contributed by atoms with E-state index >= 15 is 0 Å².